The van der Waals surface area contributed by atoms with Crippen molar-refractivity contribution < 1.29 is 17.9 Å². The third kappa shape index (κ3) is 3.58. The molecule has 25 heavy (non-hydrogen) atoms. The van der Waals surface area contributed by atoms with Gasteiger partial charge in [0, 0.05) is 12.0 Å². The average molecular weight is 399 g/mol. The minimum absolute atomic E-state index is 0.115. The number of sulfonamides is 1. The molecule has 1 aliphatic rings. The molecule has 0 spiro atoms. The number of rotatable bonds is 4. The van der Waals surface area contributed by atoms with Crippen LogP contribution in [0.25, 0.3) is 0 Å². The van der Waals surface area contributed by atoms with Crippen LogP contribution in [-0.4, -0.2) is 26.8 Å². The molecule has 134 valence electrons. The number of benzene rings is 1. The van der Waals surface area contributed by atoms with E-state index in [2.05, 4.69) is 10.0 Å². The summed E-state index contributed by atoms with van der Waals surface area (Å²) in [6, 6.07) is 5.03. The van der Waals surface area contributed by atoms with Crippen molar-refractivity contribution in [1.29, 1.82) is 0 Å². The molecule has 2 aromatic rings. The Balaban J connectivity index is 2.09. The van der Waals surface area contributed by atoms with E-state index in [1.165, 1.54) is 7.11 Å². The molecular formula is C16H18N2O4S3. The van der Waals surface area contributed by atoms with Gasteiger partial charge in [-0.1, -0.05) is 6.07 Å². The molecule has 9 heteroatoms. The standard InChI is InChI=1S/C16H18N2O4S3/c1-9-7-11-8-12(18-25(19,20)13-5-4-6-24-13)15(21-3)10(2)14(11)17-16(23)22-9/h4-6,8-9,18H,7H2,1-3H3,(H,17,23). The predicted octanol–water partition coefficient (Wildman–Crippen LogP) is 3.52. The van der Waals surface area contributed by atoms with E-state index in [9.17, 15) is 8.42 Å². The predicted molar refractivity (Wildman–Crippen MR) is 103 cm³/mol. The number of fused-ring (bicyclic) bond motifs is 1. The molecule has 0 saturated heterocycles. The maximum absolute atomic E-state index is 12.6. The summed E-state index contributed by atoms with van der Waals surface area (Å²) in [5.41, 5.74) is 2.87. The molecule has 1 atom stereocenters. The molecule has 0 fully saturated rings. The monoisotopic (exact) mass is 398 g/mol. The number of anilines is 2. The number of methoxy groups -OCH3 is 1. The van der Waals surface area contributed by atoms with Crippen LogP contribution in [0.15, 0.2) is 27.8 Å². The minimum Gasteiger partial charge on any atom is -0.494 e. The Hall–Kier alpha value is -1.84. The molecule has 0 bridgehead atoms. The van der Waals surface area contributed by atoms with Crippen molar-refractivity contribution >= 4 is 50.1 Å². The smallest absolute Gasteiger partial charge is 0.271 e. The van der Waals surface area contributed by atoms with Gasteiger partial charge in [-0.2, -0.15) is 0 Å². The lowest BCUT2D eigenvalue weighted by atomic mass is 10.0. The second-order valence-electron chi connectivity index (χ2n) is 5.70. The zero-order chi connectivity index (χ0) is 18.2. The van der Waals surface area contributed by atoms with Gasteiger partial charge in [0.05, 0.1) is 18.5 Å². The first-order chi connectivity index (χ1) is 11.8. The maximum atomic E-state index is 12.6. The topological polar surface area (TPSA) is 76.7 Å². The fraction of sp³-hybridized carbons (Fsp3) is 0.312. The third-order valence-electron chi connectivity index (χ3n) is 3.85. The maximum Gasteiger partial charge on any atom is 0.271 e. The highest BCUT2D eigenvalue weighted by molar-refractivity contribution is 7.94. The number of hydrogen-bond acceptors (Lipinski definition) is 6. The van der Waals surface area contributed by atoms with Crippen molar-refractivity contribution in [2.24, 2.45) is 0 Å². The molecule has 3 rings (SSSR count). The molecule has 2 heterocycles. The Morgan fingerprint density at radius 3 is 2.88 bits per heavy atom. The first kappa shape index (κ1) is 18.0. The van der Waals surface area contributed by atoms with Crippen molar-refractivity contribution in [3.8, 4) is 5.75 Å². The molecule has 1 unspecified atom stereocenters. The molecule has 0 amide bonds. The lowest BCUT2D eigenvalue weighted by molar-refractivity contribution is 0.217. The number of ether oxygens (including phenoxy) is 2. The normalized spacial score (nSPS) is 17.1. The van der Waals surface area contributed by atoms with Gasteiger partial charge in [-0.3, -0.25) is 4.72 Å². The Morgan fingerprint density at radius 1 is 1.48 bits per heavy atom. The van der Waals surface area contributed by atoms with Gasteiger partial charge < -0.3 is 14.8 Å². The van der Waals surface area contributed by atoms with Crippen molar-refractivity contribution in [3.63, 3.8) is 0 Å². The summed E-state index contributed by atoms with van der Waals surface area (Å²) in [6.07, 6.45) is 0.483. The third-order valence-corrected chi connectivity index (χ3v) is 6.81. The van der Waals surface area contributed by atoms with E-state index in [0.717, 1.165) is 28.2 Å². The number of thiophene rings is 1. The van der Waals surface area contributed by atoms with Crippen LogP contribution in [0, 0.1) is 6.92 Å². The SMILES string of the molecule is COc1c(NS(=O)(=O)c2cccs2)cc2c(c1C)NC(=S)OC(C)C2. The summed E-state index contributed by atoms with van der Waals surface area (Å²) in [4.78, 5) is 0. The van der Waals surface area contributed by atoms with E-state index >= 15 is 0 Å². The largest absolute Gasteiger partial charge is 0.494 e. The Bertz CT molecular complexity index is 908. The molecule has 0 radical (unpaired) electrons. The summed E-state index contributed by atoms with van der Waals surface area (Å²) >= 11 is 6.33. The summed E-state index contributed by atoms with van der Waals surface area (Å²) < 4.78 is 39.1. The van der Waals surface area contributed by atoms with Crippen molar-refractivity contribution in [3.05, 3.63) is 34.7 Å². The molecule has 2 N–H and O–H groups in total. The van der Waals surface area contributed by atoms with E-state index in [-0.39, 0.29) is 10.3 Å². The van der Waals surface area contributed by atoms with Crippen molar-refractivity contribution in [1.82, 2.24) is 0 Å². The van der Waals surface area contributed by atoms with Crippen LogP contribution in [0.5, 0.6) is 5.75 Å². The summed E-state index contributed by atoms with van der Waals surface area (Å²) in [7, 11) is -2.16. The van der Waals surface area contributed by atoms with Gasteiger partial charge in [0.2, 0.25) is 0 Å². The zero-order valence-corrected chi connectivity index (χ0v) is 16.4. The van der Waals surface area contributed by atoms with Crippen LogP contribution in [0.4, 0.5) is 11.4 Å². The van der Waals surface area contributed by atoms with Crippen LogP contribution in [-0.2, 0) is 21.2 Å². The quantitative estimate of drug-likeness (QED) is 0.768. The van der Waals surface area contributed by atoms with Crippen LogP contribution in [0.2, 0.25) is 0 Å². The van der Waals surface area contributed by atoms with Crippen LogP contribution >= 0.6 is 23.6 Å². The van der Waals surface area contributed by atoms with Crippen LogP contribution in [0.3, 0.4) is 0 Å². The highest BCUT2D eigenvalue weighted by Gasteiger charge is 2.25. The van der Waals surface area contributed by atoms with Gasteiger partial charge in [0.15, 0.2) is 0 Å². The number of nitrogens with one attached hydrogen (secondary N) is 2. The Morgan fingerprint density at radius 2 is 2.24 bits per heavy atom. The highest BCUT2D eigenvalue weighted by Crippen LogP contribution is 2.39. The molecular weight excluding hydrogens is 380 g/mol. The summed E-state index contributed by atoms with van der Waals surface area (Å²) in [5.74, 6) is 0.448. The Kier molecular flexibility index (Phi) is 4.90. The molecule has 0 aliphatic carbocycles. The van der Waals surface area contributed by atoms with Gasteiger partial charge in [-0.15, -0.1) is 11.3 Å². The highest BCUT2D eigenvalue weighted by atomic mass is 32.2. The number of hydrogen-bond donors (Lipinski definition) is 2. The lowest BCUT2D eigenvalue weighted by Crippen LogP contribution is -2.17. The first-order valence-corrected chi connectivity index (χ1v) is 10.3. The van der Waals surface area contributed by atoms with Gasteiger partial charge in [0.25, 0.3) is 15.2 Å². The van der Waals surface area contributed by atoms with Gasteiger partial charge in [-0.05, 0) is 49.1 Å². The van der Waals surface area contributed by atoms with Gasteiger partial charge in [-0.25, -0.2) is 8.42 Å². The fourth-order valence-corrected chi connectivity index (χ4v) is 5.13. The average Bonchev–Trinajstić information content (AvgIpc) is 3.01. The molecule has 1 aromatic heterocycles. The first-order valence-electron chi connectivity index (χ1n) is 7.56. The van der Waals surface area contributed by atoms with Crippen molar-refractivity contribution in [2.45, 2.75) is 30.6 Å². The van der Waals surface area contributed by atoms with Gasteiger partial charge >= 0.3 is 0 Å². The van der Waals surface area contributed by atoms with Crippen LogP contribution in [0.1, 0.15) is 18.1 Å². The van der Waals surface area contributed by atoms with E-state index in [4.69, 9.17) is 21.7 Å². The fourth-order valence-electron chi connectivity index (χ4n) is 2.82. The summed E-state index contributed by atoms with van der Waals surface area (Å²) in [6.45, 7) is 3.77. The van der Waals surface area contributed by atoms with E-state index in [1.54, 1.807) is 23.6 Å². The number of thiocarbonyl (C=S) groups is 1. The van der Waals surface area contributed by atoms with Gasteiger partial charge in [0.1, 0.15) is 16.1 Å². The van der Waals surface area contributed by atoms with E-state index < -0.39 is 10.0 Å². The second-order valence-corrected chi connectivity index (χ2v) is 8.93. The Labute approximate surface area is 156 Å². The van der Waals surface area contributed by atoms with E-state index in [1.807, 2.05) is 13.8 Å². The molecule has 1 aliphatic heterocycles. The molecule has 0 saturated carbocycles. The second kappa shape index (κ2) is 6.81. The molecule has 1 aromatic carbocycles. The van der Waals surface area contributed by atoms with Crippen LogP contribution < -0.4 is 14.8 Å². The minimum atomic E-state index is -3.67. The van der Waals surface area contributed by atoms with E-state index in [0.29, 0.717) is 23.0 Å². The molecule has 6 nitrogen and oxygen atoms in total. The van der Waals surface area contributed by atoms with Crippen molar-refractivity contribution in [2.75, 3.05) is 17.1 Å². The summed E-state index contributed by atoms with van der Waals surface area (Å²) in [5, 5.41) is 5.08. The zero-order valence-electron chi connectivity index (χ0n) is 14.0. The lowest BCUT2D eigenvalue weighted by Gasteiger charge is -2.19.